The Balaban J connectivity index is 2.49. The second-order valence-electron chi connectivity index (χ2n) is 6.00. The normalized spacial score (nSPS) is 14.2. The molecule has 4 N–H and O–H groups in total. The van der Waals surface area contributed by atoms with Crippen LogP contribution in [-0.2, 0) is 11.2 Å². The van der Waals surface area contributed by atoms with E-state index in [1.807, 2.05) is 14.1 Å². The van der Waals surface area contributed by atoms with Gasteiger partial charge in [-0.15, -0.1) is 0 Å². The van der Waals surface area contributed by atoms with E-state index in [2.05, 4.69) is 24.1 Å². The monoisotopic (exact) mass is 293 g/mol. The second-order valence-corrected chi connectivity index (χ2v) is 6.00. The fourth-order valence-corrected chi connectivity index (χ4v) is 2.33. The Morgan fingerprint density at radius 1 is 1.29 bits per heavy atom. The highest BCUT2D eigenvalue weighted by Crippen LogP contribution is 2.11. The van der Waals surface area contributed by atoms with Gasteiger partial charge in [-0.25, -0.2) is 0 Å². The third-order valence-corrected chi connectivity index (χ3v) is 3.65. The maximum Gasteiger partial charge on any atom is 0.237 e. The highest BCUT2D eigenvalue weighted by atomic mass is 16.3. The van der Waals surface area contributed by atoms with E-state index in [0.717, 1.165) is 5.56 Å². The first kappa shape index (κ1) is 17.5. The highest BCUT2D eigenvalue weighted by Gasteiger charge is 2.19. The number of phenols is 1. The third kappa shape index (κ3) is 5.73. The Kier molecular flexibility index (Phi) is 6.65. The van der Waals surface area contributed by atoms with Gasteiger partial charge in [0, 0.05) is 12.6 Å². The summed E-state index contributed by atoms with van der Waals surface area (Å²) in [7, 11) is 4.01. The molecule has 118 valence electrons. The summed E-state index contributed by atoms with van der Waals surface area (Å²) in [4.78, 5) is 14.2. The van der Waals surface area contributed by atoms with E-state index >= 15 is 0 Å². The van der Waals surface area contributed by atoms with Crippen LogP contribution in [0.3, 0.4) is 0 Å². The van der Waals surface area contributed by atoms with Crippen molar-refractivity contribution in [3.05, 3.63) is 29.8 Å². The fraction of sp³-hybridized carbons (Fsp3) is 0.562. The molecule has 1 rings (SSSR count). The molecule has 0 spiro atoms. The summed E-state index contributed by atoms with van der Waals surface area (Å²) in [6, 6.07) is 6.46. The van der Waals surface area contributed by atoms with Gasteiger partial charge < -0.3 is 21.1 Å². The van der Waals surface area contributed by atoms with Gasteiger partial charge in [0.05, 0.1) is 6.04 Å². The van der Waals surface area contributed by atoms with Gasteiger partial charge in [-0.05, 0) is 44.1 Å². The minimum Gasteiger partial charge on any atom is -0.508 e. The van der Waals surface area contributed by atoms with Crippen molar-refractivity contribution in [2.45, 2.75) is 32.4 Å². The van der Waals surface area contributed by atoms with Crippen molar-refractivity contribution in [3.8, 4) is 5.75 Å². The smallest absolute Gasteiger partial charge is 0.237 e. The molecule has 5 nitrogen and oxygen atoms in total. The predicted octanol–water partition coefficient (Wildman–Crippen LogP) is 0.964. The minimum absolute atomic E-state index is 0.143. The molecule has 0 aliphatic rings. The number of likely N-dealkylation sites (N-methyl/N-ethyl adjacent to an activating group) is 1. The molecule has 1 amide bonds. The van der Waals surface area contributed by atoms with Gasteiger partial charge in [0.25, 0.3) is 0 Å². The van der Waals surface area contributed by atoms with Crippen LogP contribution in [0.2, 0.25) is 0 Å². The molecule has 2 unspecified atom stereocenters. The number of amides is 1. The lowest BCUT2D eigenvalue weighted by atomic mass is 10.0. The summed E-state index contributed by atoms with van der Waals surface area (Å²) >= 11 is 0. The summed E-state index contributed by atoms with van der Waals surface area (Å²) in [6.07, 6.45) is 0.459. The number of nitrogens with zero attached hydrogens (tertiary/aromatic N) is 1. The molecule has 21 heavy (non-hydrogen) atoms. The van der Waals surface area contributed by atoms with Crippen molar-refractivity contribution in [1.29, 1.82) is 0 Å². The highest BCUT2D eigenvalue weighted by molar-refractivity contribution is 5.81. The number of aromatic hydroxyl groups is 1. The van der Waals surface area contributed by atoms with Crippen LogP contribution in [0.4, 0.5) is 0 Å². The molecule has 0 bridgehead atoms. The number of hydrogen-bond donors (Lipinski definition) is 3. The summed E-state index contributed by atoms with van der Waals surface area (Å²) in [6.45, 7) is 4.85. The van der Waals surface area contributed by atoms with Gasteiger partial charge in [-0.3, -0.25) is 4.79 Å². The number of phenolic OH excluding ortho intramolecular Hbond substituents is 1. The molecule has 0 aliphatic heterocycles. The number of benzene rings is 1. The summed E-state index contributed by atoms with van der Waals surface area (Å²) in [5.41, 5.74) is 6.87. The average Bonchev–Trinajstić information content (AvgIpc) is 2.40. The Hall–Kier alpha value is -1.59. The maximum absolute atomic E-state index is 12.1. The summed E-state index contributed by atoms with van der Waals surface area (Å²) in [5.74, 6) is 0.520. The first-order valence-electron chi connectivity index (χ1n) is 7.29. The number of carbonyl (C=O) groups is 1. The second kappa shape index (κ2) is 8.00. The molecule has 0 radical (unpaired) electrons. The molecule has 0 heterocycles. The molecule has 0 saturated heterocycles. The molecule has 1 aromatic carbocycles. The van der Waals surface area contributed by atoms with Crippen LogP contribution in [0.15, 0.2) is 24.3 Å². The van der Waals surface area contributed by atoms with Gasteiger partial charge in [-0.1, -0.05) is 26.0 Å². The first-order chi connectivity index (χ1) is 9.81. The zero-order chi connectivity index (χ0) is 16.0. The van der Waals surface area contributed by atoms with E-state index in [-0.39, 0.29) is 17.7 Å². The van der Waals surface area contributed by atoms with Gasteiger partial charge in [-0.2, -0.15) is 0 Å². The van der Waals surface area contributed by atoms with E-state index in [9.17, 15) is 9.90 Å². The molecule has 0 aliphatic carbocycles. The SMILES string of the molecule is CC(C)C(CNC(=O)C(N)Cc1ccc(O)cc1)N(C)C. The lowest BCUT2D eigenvalue weighted by Crippen LogP contribution is -2.48. The number of hydrogen-bond acceptors (Lipinski definition) is 4. The third-order valence-electron chi connectivity index (χ3n) is 3.65. The maximum atomic E-state index is 12.1. The molecule has 5 heteroatoms. The van der Waals surface area contributed by atoms with Gasteiger partial charge in [0.2, 0.25) is 5.91 Å². The average molecular weight is 293 g/mol. The molecule has 1 aromatic rings. The molecule has 0 saturated carbocycles. The minimum atomic E-state index is -0.579. The van der Waals surface area contributed by atoms with Crippen molar-refractivity contribution in [3.63, 3.8) is 0 Å². The van der Waals surface area contributed by atoms with Crippen molar-refractivity contribution in [1.82, 2.24) is 10.2 Å². The number of carbonyl (C=O) groups excluding carboxylic acids is 1. The van der Waals surface area contributed by atoms with Crippen molar-refractivity contribution < 1.29 is 9.90 Å². The molecular weight excluding hydrogens is 266 g/mol. The zero-order valence-corrected chi connectivity index (χ0v) is 13.3. The fourth-order valence-electron chi connectivity index (χ4n) is 2.33. The lowest BCUT2D eigenvalue weighted by Gasteiger charge is -2.28. The lowest BCUT2D eigenvalue weighted by molar-refractivity contribution is -0.122. The van der Waals surface area contributed by atoms with Crippen LogP contribution >= 0.6 is 0 Å². The van der Waals surface area contributed by atoms with Crippen molar-refractivity contribution in [2.75, 3.05) is 20.6 Å². The topological polar surface area (TPSA) is 78.6 Å². The van der Waals surface area contributed by atoms with Crippen LogP contribution in [0, 0.1) is 5.92 Å². The Morgan fingerprint density at radius 3 is 2.33 bits per heavy atom. The molecule has 0 aromatic heterocycles. The van der Waals surface area contributed by atoms with Crippen LogP contribution in [0.25, 0.3) is 0 Å². The molecular formula is C16H27N3O2. The van der Waals surface area contributed by atoms with Crippen molar-refractivity contribution >= 4 is 5.91 Å². The zero-order valence-electron chi connectivity index (χ0n) is 13.3. The van der Waals surface area contributed by atoms with Crippen LogP contribution < -0.4 is 11.1 Å². The number of rotatable bonds is 7. The van der Waals surface area contributed by atoms with E-state index < -0.39 is 6.04 Å². The largest absolute Gasteiger partial charge is 0.508 e. The van der Waals surface area contributed by atoms with E-state index in [1.54, 1.807) is 24.3 Å². The van der Waals surface area contributed by atoms with E-state index in [0.29, 0.717) is 18.9 Å². The van der Waals surface area contributed by atoms with Crippen molar-refractivity contribution in [2.24, 2.45) is 11.7 Å². The van der Waals surface area contributed by atoms with E-state index in [4.69, 9.17) is 5.73 Å². The number of nitrogens with one attached hydrogen (secondary N) is 1. The quantitative estimate of drug-likeness (QED) is 0.700. The predicted molar refractivity (Wildman–Crippen MR) is 85.1 cm³/mol. The van der Waals surface area contributed by atoms with Crippen LogP contribution in [0.5, 0.6) is 5.75 Å². The Labute approximate surface area is 127 Å². The van der Waals surface area contributed by atoms with Gasteiger partial charge >= 0.3 is 0 Å². The standard InChI is InChI=1S/C16H27N3O2/c1-11(2)15(19(3)4)10-18-16(21)14(17)9-12-5-7-13(20)8-6-12/h5-8,11,14-15,20H,9-10,17H2,1-4H3,(H,18,21). The summed E-state index contributed by atoms with van der Waals surface area (Å²) in [5, 5.41) is 12.2. The Morgan fingerprint density at radius 2 is 1.86 bits per heavy atom. The van der Waals surface area contributed by atoms with Crippen LogP contribution in [-0.4, -0.2) is 48.6 Å². The van der Waals surface area contributed by atoms with Gasteiger partial charge in [0.1, 0.15) is 5.75 Å². The summed E-state index contributed by atoms with van der Waals surface area (Å²) < 4.78 is 0. The van der Waals surface area contributed by atoms with Gasteiger partial charge in [0.15, 0.2) is 0 Å². The Bertz CT molecular complexity index is 435. The van der Waals surface area contributed by atoms with Crippen LogP contribution in [0.1, 0.15) is 19.4 Å². The number of nitrogens with two attached hydrogens (primary N) is 1. The van der Waals surface area contributed by atoms with E-state index in [1.165, 1.54) is 0 Å². The first-order valence-corrected chi connectivity index (χ1v) is 7.29. The molecule has 0 fully saturated rings. The molecule has 2 atom stereocenters.